The van der Waals surface area contributed by atoms with Gasteiger partial charge in [-0.1, -0.05) is 0 Å². The van der Waals surface area contributed by atoms with Gasteiger partial charge < -0.3 is 5.11 Å². The maximum absolute atomic E-state index is 13.2. The lowest BCUT2D eigenvalue weighted by Crippen LogP contribution is -1.70. The van der Waals surface area contributed by atoms with Gasteiger partial charge in [0.2, 0.25) is 0 Å². The first-order valence-corrected chi connectivity index (χ1v) is 5.14. The highest BCUT2D eigenvalue weighted by atomic mass is 127. The number of benzene rings is 1. The lowest BCUT2D eigenvalue weighted by Gasteiger charge is -1.90. The fraction of sp³-hybridized carbons (Fsp3) is 0. The van der Waals surface area contributed by atoms with Gasteiger partial charge in [-0.25, -0.2) is 4.39 Å². The molecule has 2 aromatic rings. The average molecular weight is 294 g/mol. The third-order valence-corrected chi connectivity index (χ3v) is 3.64. The summed E-state index contributed by atoms with van der Waals surface area (Å²) in [6, 6.07) is 4.73. The molecule has 62 valence electrons. The standard InChI is InChI=1S/C8H4FIOS/c9-7-5-3-4(11)1-2-6(5)12-8(7)10/h1-3,11H. The lowest BCUT2D eigenvalue weighted by molar-refractivity contribution is 0.476. The van der Waals surface area contributed by atoms with E-state index in [0.29, 0.717) is 8.27 Å². The van der Waals surface area contributed by atoms with Gasteiger partial charge in [-0.05, 0) is 40.8 Å². The van der Waals surface area contributed by atoms with Crippen molar-refractivity contribution in [3.63, 3.8) is 0 Å². The predicted molar refractivity (Wildman–Crippen MR) is 56.2 cm³/mol. The minimum absolute atomic E-state index is 0.107. The summed E-state index contributed by atoms with van der Waals surface area (Å²) in [6.07, 6.45) is 0. The van der Waals surface area contributed by atoms with E-state index in [1.807, 2.05) is 22.6 Å². The number of rotatable bonds is 0. The Morgan fingerprint density at radius 2 is 2.17 bits per heavy atom. The van der Waals surface area contributed by atoms with Crippen molar-refractivity contribution in [1.82, 2.24) is 0 Å². The highest BCUT2D eigenvalue weighted by Gasteiger charge is 2.09. The molecule has 0 aliphatic carbocycles. The molecule has 0 saturated carbocycles. The van der Waals surface area contributed by atoms with Gasteiger partial charge in [-0.3, -0.25) is 0 Å². The van der Waals surface area contributed by atoms with E-state index in [1.54, 1.807) is 12.1 Å². The van der Waals surface area contributed by atoms with Crippen LogP contribution in [0.4, 0.5) is 4.39 Å². The average Bonchev–Trinajstić information content (AvgIpc) is 2.31. The fourth-order valence-corrected chi connectivity index (χ4v) is 2.82. The molecular formula is C8H4FIOS. The number of fused-ring (bicyclic) bond motifs is 1. The first kappa shape index (κ1) is 8.25. The summed E-state index contributed by atoms with van der Waals surface area (Å²) in [5, 5.41) is 9.60. The Hall–Kier alpha value is -0.360. The van der Waals surface area contributed by atoms with Crippen LogP contribution in [0.3, 0.4) is 0 Å². The predicted octanol–water partition coefficient (Wildman–Crippen LogP) is 3.35. The number of phenols is 1. The van der Waals surface area contributed by atoms with Crippen LogP contribution in [0, 0.1) is 8.70 Å². The van der Waals surface area contributed by atoms with E-state index in [9.17, 15) is 4.39 Å². The fourth-order valence-electron chi connectivity index (χ4n) is 1.03. The van der Waals surface area contributed by atoms with E-state index in [1.165, 1.54) is 17.4 Å². The highest BCUT2D eigenvalue weighted by molar-refractivity contribution is 14.1. The number of phenolic OH excluding ortho intramolecular Hbond substituents is 1. The van der Waals surface area contributed by atoms with Crippen LogP contribution in [0.25, 0.3) is 10.1 Å². The summed E-state index contributed by atoms with van der Waals surface area (Å²) in [5.74, 6) is -0.123. The van der Waals surface area contributed by atoms with Gasteiger partial charge in [-0.15, -0.1) is 11.3 Å². The Balaban J connectivity index is 2.88. The molecule has 0 radical (unpaired) electrons. The summed E-state index contributed by atoms with van der Waals surface area (Å²) in [5.41, 5.74) is 0. The SMILES string of the molecule is Oc1ccc2sc(I)c(F)c2c1. The molecule has 1 nitrogen and oxygen atoms in total. The van der Waals surface area contributed by atoms with Crippen LogP contribution >= 0.6 is 33.9 Å². The van der Waals surface area contributed by atoms with Crippen molar-refractivity contribution >= 4 is 44.0 Å². The zero-order chi connectivity index (χ0) is 8.72. The zero-order valence-corrected chi connectivity index (χ0v) is 8.82. The molecule has 0 saturated heterocycles. The van der Waals surface area contributed by atoms with Crippen molar-refractivity contribution in [2.24, 2.45) is 0 Å². The monoisotopic (exact) mass is 294 g/mol. The third-order valence-electron chi connectivity index (χ3n) is 1.57. The number of halogens is 2. The maximum Gasteiger partial charge on any atom is 0.155 e. The number of hydrogen-bond donors (Lipinski definition) is 1. The molecule has 0 atom stereocenters. The van der Waals surface area contributed by atoms with Crippen molar-refractivity contribution < 1.29 is 9.50 Å². The first-order chi connectivity index (χ1) is 5.68. The van der Waals surface area contributed by atoms with Gasteiger partial charge in [0.25, 0.3) is 0 Å². The molecule has 1 aromatic heterocycles. The molecule has 0 unspecified atom stereocenters. The minimum Gasteiger partial charge on any atom is -0.508 e. The second kappa shape index (κ2) is 2.85. The minimum atomic E-state index is -0.230. The first-order valence-electron chi connectivity index (χ1n) is 3.25. The van der Waals surface area contributed by atoms with Crippen molar-refractivity contribution in [2.45, 2.75) is 0 Å². The summed E-state index contributed by atoms with van der Waals surface area (Å²) in [4.78, 5) is 0. The molecule has 0 aliphatic heterocycles. The van der Waals surface area contributed by atoms with Crippen LogP contribution < -0.4 is 0 Å². The van der Waals surface area contributed by atoms with Crippen LogP contribution in [0.1, 0.15) is 0 Å². The largest absolute Gasteiger partial charge is 0.508 e. The molecular weight excluding hydrogens is 290 g/mol. The van der Waals surface area contributed by atoms with Gasteiger partial charge in [0.15, 0.2) is 5.82 Å². The normalized spacial score (nSPS) is 10.8. The quantitative estimate of drug-likeness (QED) is 0.739. The van der Waals surface area contributed by atoms with Gasteiger partial charge in [0, 0.05) is 10.1 Å². The van der Waals surface area contributed by atoms with Crippen molar-refractivity contribution in [3.8, 4) is 5.75 Å². The molecule has 1 N–H and O–H groups in total. The van der Waals surface area contributed by atoms with Crippen LogP contribution in [0.2, 0.25) is 0 Å². The van der Waals surface area contributed by atoms with E-state index in [2.05, 4.69) is 0 Å². The Morgan fingerprint density at radius 1 is 1.42 bits per heavy atom. The van der Waals surface area contributed by atoms with Gasteiger partial charge in [0.05, 0.1) is 0 Å². The molecule has 0 spiro atoms. The molecule has 0 amide bonds. The number of hydrogen-bond acceptors (Lipinski definition) is 2. The van der Waals surface area contributed by atoms with Gasteiger partial charge in [-0.2, -0.15) is 0 Å². The molecule has 4 heteroatoms. The Morgan fingerprint density at radius 3 is 2.92 bits per heavy atom. The molecule has 1 aromatic carbocycles. The molecule has 1 heterocycles. The van der Waals surface area contributed by atoms with Crippen LogP contribution in [-0.2, 0) is 0 Å². The van der Waals surface area contributed by atoms with E-state index in [4.69, 9.17) is 5.11 Å². The summed E-state index contributed by atoms with van der Waals surface area (Å²) in [6.45, 7) is 0. The van der Waals surface area contributed by atoms with E-state index < -0.39 is 0 Å². The molecule has 0 fully saturated rings. The Kier molecular flexibility index (Phi) is 1.96. The van der Waals surface area contributed by atoms with Crippen LogP contribution in [0.5, 0.6) is 5.75 Å². The van der Waals surface area contributed by atoms with Crippen molar-refractivity contribution in [1.29, 1.82) is 0 Å². The molecule has 2 rings (SSSR count). The summed E-state index contributed by atoms with van der Waals surface area (Å²) >= 11 is 3.34. The van der Waals surface area contributed by atoms with Crippen LogP contribution in [0.15, 0.2) is 18.2 Å². The molecule has 12 heavy (non-hydrogen) atoms. The lowest BCUT2D eigenvalue weighted by atomic mass is 10.2. The van der Waals surface area contributed by atoms with Gasteiger partial charge in [0.1, 0.15) is 8.63 Å². The van der Waals surface area contributed by atoms with E-state index in [0.717, 1.165) is 4.70 Å². The number of aromatic hydroxyl groups is 1. The van der Waals surface area contributed by atoms with Crippen molar-refractivity contribution in [3.05, 3.63) is 26.9 Å². The Bertz CT molecular complexity index is 438. The maximum atomic E-state index is 13.2. The molecule has 0 bridgehead atoms. The van der Waals surface area contributed by atoms with Crippen LogP contribution in [-0.4, -0.2) is 5.11 Å². The highest BCUT2D eigenvalue weighted by Crippen LogP contribution is 2.32. The zero-order valence-electron chi connectivity index (χ0n) is 5.84. The van der Waals surface area contributed by atoms with E-state index in [-0.39, 0.29) is 11.6 Å². The molecule has 0 aliphatic rings. The smallest absolute Gasteiger partial charge is 0.155 e. The topological polar surface area (TPSA) is 20.2 Å². The second-order valence-electron chi connectivity index (χ2n) is 2.37. The number of thiophene rings is 1. The van der Waals surface area contributed by atoms with Gasteiger partial charge >= 0.3 is 0 Å². The third kappa shape index (κ3) is 1.19. The Labute approximate surface area is 86.0 Å². The van der Waals surface area contributed by atoms with E-state index >= 15 is 0 Å². The van der Waals surface area contributed by atoms with Crippen molar-refractivity contribution in [2.75, 3.05) is 0 Å². The second-order valence-corrected chi connectivity index (χ2v) is 5.23. The summed E-state index contributed by atoms with van der Waals surface area (Å²) in [7, 11) is 0. The summed E-state index contributed by atoms with van der Waals surface area (Å²) < 4.78 is 14.7.